The first-order valence-corrected chi connectivity index (χ1v) is 8.09. The maximum atomic E-state index is 12.6. The summed E-state index contributed by atoms with van der Waals surface area (Å²) in [5.41, 5.74) is 0.00884. The highest BCUT2D eigenvalue weighted by atomic mass is 16.1. The van der Waals surface area contributed by atoms with Crippen molar-refractivity contribution in [2.75, 3.05) is 6.54 Å². The molecule has 1 saturated carbocycles. The molecule has 1 spiro atoms. The highest BCUT2D eigenvalue weighted by Crippen LogP contribution is 2.50. The van der Waals surface area contributed by atoms with Crippen LogP contribution in [0.25, 0.3) is 0 Å². The first-order valence-electron chi connectivity index (χ1n) is 8.09. The van der Waals surface area contributed by atoms with Gasteiger partial charge in [-0.05, 0) is 57.4 Å². The number of rotatable bonds is 3. The van der Waals surface area contributed by atoms with Gasteiger partial charge in [0, 0.05) is 12.5 Å². The van der Waals surface area contributed by atoms with Gasteiger partial charge in [0.15, 0.2) is 5.78 Å². The summed E-state index contributed by atoms with van der Waals surface area (Å²) in [6, 6.07) is 0.714. The number of hydrogen-bond donors (Lipinski definition) is 0. The molecule has 102 valence electrons. The summed E-state index contributed by atoms with van der Waals surface area (Å²) in [5, 5.41) is 0. The highest BCUT2D eigenvalue weighted by molar-refractivity contribution is 5.90. The number of nitrogens with zero attached hydrogens (tertiary/aromatic N) is 1. The van der Waals surface area contributed by atoms with E-state index in [1.807, 2.05) is 0 Å². The Morgan fingerprint density at radius 2 is 2.17 bits per heavy atom. The first-order chi connectivity index (χ1) is 8.79. The Hall–Kier alpha value is -0.370. The van der Waals surface area contributed by atoms with E-state index in [0.29, 0.717) is 17.7 Å². The van der Waals surface area contributed by atoms with Crippen LogP contribution >= 0.6 is 0 Å². The number of hydrogen-bond acceptors (Lipinski definition) is 2. The molecule has 2 aliphatic heterocycles. The van der Waals surface area contributed by atoms with Crippen LogP contribution < -0.4 is 0 Å². The number of carbonyl (C=O) groups is 1. The van der Waals surface area contributed by atoms with Gasteiger partial charge in [-0.25, -0.2) is 0 Å². The maximum Gasteiger partial charge on any atom is 0.153 e. The third-order valence-electron chi connectivity index (χ3n) is 5.76. The SMILES string of the molecule is CCCC[C@@H]1CC[C@@H]2CCCC(=O)[C@]23CCCN13. The van der Waals surface area contributed by atoms with Crippen molar-refractivity contribution >= 4 is 5.78 Å². The van der Waals surface area contributed by atoms with Gasteiger partial charge in [0.05, 0.1) is 5.54 Å². The Bertz CT molecular complexity index is 327. The van der Waals surface area contributed by atoms with Crippen LogP contribution in [-0.2, 0) is 4.79 Å². The summed E-state index contributed by atoms with van der Waals surface area (Å²) < 4.78 is 0. The highest BCUT2D eigenvalue weighted by Gasteiger charge is 2.57. The number of piperidine rings is 1. The molecular weight excluding hydrogens is 222 g/mol. The zero-order chi connectivity index (χ0) is 12.6. The molecule has 1 aliphatic carbocycles. The Morgan fingerprint density at radius 3 is 3.00 bits per heavy atom. The van der Waals surface area contributed by atoms with Crippen LogP contribution in [0.5, 0.6) is 0 Å². The van der Waals surface area contributed by atoms with Crippen LogP contribution in [0.15, 0.2) is 0 Å². The van der Waals surface area contributed by atoms with Gasteiger partial charge in [0.25, 0.3) is 0 Å². The molecule has 3 aliphatic rings. The Morgan fingerprint density at radius 1 is 1.28 bits per heavy atom. The molecule has 0 aromatic carbocycles. The molecule has 2 heteroatoms. The Kier molecular flexibility index (Phi) is 3.48. The molecule has 2 saturated heterocycles. The standard InChI is InChI=1S/C16H27NO/c1-2-3-7-14-10-9-13-6-4-8-15(18)16(13)11-5-12-17(14)16/h13-14H,2-12H2,1H3/t13-,14+,16-/m0/s1. The van der Waals surface area contributed by atoms with Crippen LogP contribution in [0.3, 0.4) is 0 Å². The average Bonchev–Trinajstić information content (AvgIpc) is 2.82. The van der Waals surface area contributed by atoms with E-state index in [1.54, 1.807) is 0 Å². The fraction of sp³-hybridized carbons (Fsp3) is 0.938. The van der Waals surface area contributed by atoms with Crippen LogP contribution in [0.2, 0.25) is 0 Å². The lowest BCUT2D eigenvalue weighted by atomic mass is 9.65. The number of ketones is 1. The predicted molar refractivity (Wildman–Crippen MR) is 73.6 cm³/mol. The van der Waals surface area contributed by atoms with Gasteiger partial charge >= 0.3 is 0 Å². The van der Waals surface area contributed by atoms with Crippen molar-refractivity contribution in [2.45, 2.75) is 82.7 Å². The van der Waals surface area contributed by atoms with Crippen LogP contribution in [0.4, 0.5) is 0 Å². The number of unbranched alkanes of at least 4 members (excludes halogenated alkanes) is 1. The van der Waals surface area contributed by atoms with Gasteiger partial charge in [0.2, 0.25) is 0 Å². The summed E-state index contributed by atoms with van der Waals surface area (Å²) in [5.74, 6) is 1.29. The van der Waals surface area contributed by atoms with E-state index in [4.69, 9.17) is 0 Å². The molecular formula is C16H27NO. The van der Waals surface area contributed by atoms with Crippen LogP contribution in [0.1, 0.15) is 71.1 Å². The molecule has 0 bridgehead atoms. The predicted octanol–water partition coefficient (Wildman–Crippen LogP) is 3.54. The molecule has 0 N–H and O–H groups in total. The monoisotopic (exact) mass is 249 g/mol. The van der Waals surface area contributed by atoms with Crippen molar-refractivity contribution in [1.82, 2.24) is 4.90 Å². The summed E-state index contributed by atoms with van der Waals surface area (Å²) >= 11 is 0. The van der Waals surface area contributed by atoms with Gasteiger partial charge in [-0.15, -0.1) is 0 Å². The number of Topliss-reactive ketones (excluding diaryl/α,β-unsaturated/α-hetero) is 1. The molecule has 2 nitrogen and oxygen atoms in total. The number of carbonyl (C=O) groups excluding carboxylic acids is 1. The molecule has 3 rings (SSSR count). The van der Waals surface area contributed by atoms with Gasteiger partial charge < -0.3 is 0 Å². The third kappa shape index (κ3) is 1.76. The normalized spacial score (nSPS) is 40.6. The lowest BCUT2D eigenvalue weighted by Gasteiger charge is -2.53. The average molecular weight is 249 g/mol. The molecule has 0 amide bonds. The van der Waals surface area contributed by atoms with Gasteiger partial charge in [0.1, 0.15) is 0 Å². The zero-order valence-corrected chi connectivity index (χ0v) is 11.8. The Balaban J connectivity index is 1.84. The van der Waals surface area contributed by atoms with Crippen molar-refractivity contribution in [2.24, 2.45) is 5.92 Å². The van der Waals surface area contributed by atoms with E-state index in [0.717, 1.165) is 12.8 Å². The summed E-state index contributed by atoms with van der Waals surface area (Å²) in [6.45, 7) is 3.47. The van der Waals surface area contributed by atoms with Gasteiger partial charge in [-0.2, -0.15) is 0 Å². The van der Waals surface area contributed by atoms with E-state index in [2.05, 4.69) is 11.8 Å². The van der Waals surface area contributed by atoms with E-state index in [9.17, 15) is 4.79 Å². The smallest absolute Gasteiger partial charge is 0.153 e. The fourth-order valence-electron chi connectivity index (χ4n) is 4.97. The van der Waals surface area contributed by atoms with E-state index in [1.165, 1.54) is 57.9 Å². The molecule has 0 aromatic rings. The molecule has 2 heterocycles. The van der Waals surface area contributed by atoms with Crippen LogP contribution in [-0.4, -0.2) is 28.8 Å². The Labute approximate surface area is 111 Å². The zero-order valence-electron chi connectivity index (χ0n) is 11.8. The van der Waals surface area contributed by atoms with Gasteiger partial charge in [-0.3, -0.25) is 9.69 Å². The minimum Gasteiger partial charge on any atom is -0.298 e. The summed E-state index contributed by atoms with van der Waals surface area (Å²) in [4.78, 5) is 15.3. The van der Waals surface area contributed by atoms with Crippen molar-refractivity contribution < 1.29 is 4.79 Å². The molecule has 0 radical (unpaired) electrons. The first kappa shape index (κ1) is 12.7. The third-order valence-corrected chi connectivity index (χ3v) is 5.76. The van der Waals surface area contributed by atoms with Crippen molar-refractivity contribution in [3.63, 3.8) is 0 Å². The van der Waals surface area contributed by atoms with Crippen molar-refractivity contribution in [3.8, 4) is 0 Å². The minimum atomic E-state index is 0.00884. The van der Waals surface area contributed by atoms with Crippen molar-refractivity contribution in [1.29, 1.82) is 0 Å². The molecule has 3 atom stereocenters. The second-order valence-corrected chi connectivity index (χ2v) is 6.61. The molecule has 3 fully saturated rings. The van der Waals surface area contributed by atoms with Crippen molar-refractivity contribution in [3.05, 3.63) is 0 Å². The topological polar surface area (TPSA) is 20.3 Å². The van der Waals surface area contributed by atoms with E-state index in [-0.39, 0.29) is 5.54 Å². The summed E-state index contributed by atoms with van der Waals surface area (Å²) in [7, 11) is 0. The lowest BCUT2D eigenvalue weighted by molar-refractivity contribution is -0.143. The maximum absolute atomic E-state index is 12.6. The molecule has 0 unspecified atom stereocenters. The fourth-order valence-corrected chi connectivity index (χ4v) is 4.97. The lowest BCUT2D eigenvalue weighted by Crippen LogP contribution is -2.63. The molecule has 0 aromatic heterocycles. The summed E-state index contributed by atoms with van der Waals surface area (Å²) in [6.07, 6.45) is 12.3. The molecule has 18 heavy (non-hydrogen) atoms. The largest absolute Gasteiger partial charge is 0.298 e. The second kappa shape index (κ2) is 4.96. The van der Waals surface area contributed by atoms with E-state index >= 15 is 0 Å². The quantitative estimate of drug-likeness (QED) is 0.762. The van der Waals surface area contributed by atoms with E-state index < -0.39 is 0 Å². The second-order valence-electron chi connectivity index (χ2n) is 6.61. The van der Waals surface area contributed by atoms with Gasteiger partial charge in [-0.1, -0.05) is 19.8 Å². The van der Waals surface area contributed by atoms with Crippen LogP contribution in [0, 0.1) is 5.92 Å². The minimum absolute atomic E-state index is 0.00884.